The molecule has 5 nitrogen and oxygen atoms in total. The summed E-state index contributed by atoms with van der Waals surface area (Å²) in [6.45, 7) is 4.03. The third-order valence-corrected chi connectivity index (χ3v) is 5.64. The molecule has 4 rings (SSSR count). The minimum atomic E-state index is -4.57. The molecule has 0 radical (unpaired) electrons. The van der Waals surface area contributed by atoms with Gasteiger partial charge in [-0.15, -0.1) is 0 Å². The second kappa shape index (κ2) is 6.53. The Labute approximate surface area is 160 Å². The number of likely N-dealkylation sites (tertiary alicyclic amines) is 1. The number of anilines is 3. The fourth-order valence-electron chi connectivity index (χ4n) is 3.88. The number of hydrogen-bond acceptors (Lipinski definition) is 5. The first-order valence-electron chi connectivity index (χ1n) is 8.66. The Morgan fingerprint density at radius 3 is 2.56 bits per heavy atom. The molecule has 1 N–H and O–H groups in total. The van der Waals surface area contributed by atoms with Crippen LogP contribution in [0.25, 0.3) is 0 Å². The number of fused-ring (bicyclic) bond motifs is 2. The predicted octanol–water partition coefficient (Wildman–Crippen LogP) is 4.09. The van der Waals surface area contributed by atoms with Crippen LogP contribution in [0.15, 0.2) is 24.4 Å². The van der Waals surface area contributed by atoms with Crippen molar-refractivity contribution in [2.45, 2.75) is 31.6 Å². The number of hydrogen-bond donors (Lipinski definition) is 1. The second-order valence-electron chi connectivity index (χ2n) is 7.16. The van der Waals surface area contributed by atoms with E-state index in [2.05, 4.69) is 38.2 Å². The van der Waals surface area contributed by atoms with Gasteiger partial charge in [-0.3, -0.25) is 4.90 Å². The maximum absolute atomic E-state index is 12.8. The number of nitrogens with zero attached hydrogens (tertiary/aromatic N) is 4. The van der Waals surface area contributed by atoms with Crippen LogP contribution in [0.2, 0.25) is 5.15 Å². The van der Waals surface area contributed by atoms with Crippen molar-refractivity contribution in [2.24, 2.45) is 0 Å². The second-order valence-corrected chi connectivity index (χ2v) is 7.51. The Morgan fingerprint density at radius 2 is 2.00 bits per heavy atom. The van der Waals surface area contributed by atoms with Crippen LogP contribution < -0.4 is 10.2 Å². The van der Waals surface area contributed by atoms with Crippen LogP contribution in [0.1, 0.15) is 17.5 Å². The molecule has 0 unspecified atom stereocenters. The molecule has 2 bridgehead atoms. The van der Waals surface area contributed by atoms with Crippen LogP contribution in [0.4, 0.5) is 30.5 Å². The SMILES string of the molecule is Cc1cc(N2C[C@H]3C[C@@H]2CN3C)ccc1Nc1ncc(C(F)(F)F)c(Cl)n1. The smallest absolute Gasteiger partial charge is 0.366 e. The lowest BCUT2D eigenvalue weighted by Crippen LogP contribution is -2.44. The number of alkyl halides is 3. The number of rotatable bonds is 3. The molecule has 2 atom stereocenters. The molecule has 2 aliphatic heterocycles. The summed E-state index contributed by atoms with van der Waals surface area (Å²) in [4.78, 5) is 12.3. The van der Waals surface area contributed by atoms with Crippen molar-refractivity contribution < 1.29 is 13.2 Å². The average Bonchev–Trinajstić information content (AvgIpc) is 3.15. The summed E-state index contributed by atoms with van der Waals surface area (Å²) in [7, 11) is 2.16. The van der Waals surface area contributed by atoms with Gasteiger partial charge < -0.3 is 10.2 Å². The highest BCUT2D eigenvalue weighted by atomic mass is 35.5. The largest absolute Gasteiger partial charge is 0.420 e. The van der Waals surface area contributed by atoms with Gasteiger partial charge in [0.05, 0.1) is 0 Å². The zero-order valence-electron chi connectivity index (χ0n) is 14.9. The van der Waals surface area contributed by atoms with Gasteiger partial charge in [-0.1, -0.05) is 11.6 Å². The Kier molecular flexibility index (Phi) is 4.43. The Balaban J connectivity index is 1.52. The summed E-state index contributed by atoms with van der Waals surface area (Å²) in [5.74, 6) is 0.0331. The lowest BCUT2D eigenvalue weighted by Gasteiger charge is -2.34. The number of benzene rings is 1. The molecule has 0 aliphatic carbocycles. The lowest BCUT2D eigenvalue weighted by atomic mass is 10.1. The zero-order valence-corrected chi connectivity index (χ0v) is 15.6. The summed E-state index contributed by atoms with van der Waals surface area (Å²) >= 11 is 5.66. The number of likely N-dealkylation sites (N-methyl/N-ethyl adjacent to an activating group) is 1. The minimum Gasteiger partial charge on any atom is -0.366 e. The van der Waals surface area contributed by atoms with Gasteiger partial charge in [0.15, 0.2) is 0 Å². The maximum atomic E-state index is 12.8. The molecule has 144 valence electrons. The number of aryl methyl sites for hydroxylation is 1. The average molecular weight is 398 g/mol. The highest BCUT2D eigenvalue weighted by Crippen LogP contribution is 2.36. The fourth-order valence-corrected chi connectivity index (χ4v) is 4.12. The highest BCUT2D eigenvalue weighted by Gasteiger charge is 2.41. The van der Waals surface area contributed by atoms with E-state index in [9.17, 15) is 13.2 Å². The van der Waals surface area contributed by atoms with Crippen LogP contribution in [0, 0.1) is 6.92 Å². The lowest BCUT2D eigenvalue weighted by molar-refractivity contribution is -0.137. The summed E-state index contributed by atoms with van der Waals surface area (Å²) in [5, 5.41) is 2.33. The standard InChI is InChI=1S/C18H19ClF3N5/c1-10-5-11(27-9-12-6-13(27)8-26(12)2)3-4-15(10)24-17-23-7-14(16(19)25-17)18(20,21)22/h3-5,7,12-13H,6,8-9H2,1-2H3,(H,23,24,25)/t12-,13-/m1/s1. The third kappa shape index (κ3) is 3.43. The van der Waals surface area contributed by atoms with Crippen LogP contribution >= 0.6 is 11.6 Å². The Bertz CT molecular complexity index is 871. The van der Waals surface area contributed by atoms with Gasteiger partial charge in [-0.25, -0.2) is 9.97 Å². The molecule has 0 spiro atoms. The summed E-state index contributed by atoms with van der Waals surface area (Å²) < 4.78 is 38.3. The monoisotopic (exact) mass is 397 g/mol. The van der Waals surface area contributed by atoms with Crippen molar-refractivity contribution >= 4 is 28.9 Å². The van der Waals surface area contributed by atoms with E-state index >= 15 is 0 Å². The molecule has 2 aromatic rings. The van der Waals surface area contributed by atoms with Gasteiger partial charge in [0, 0.05) is 42.7 Å². The van der Waals surface area contributed by atoms with Crippen LogP contribution in [0.5, 0.6) is 0 Å². The Hall–Kier alpha value is -2.06. The number of nitrogens with one attached hydrogen (secondary N) is 1. The van der Waals surface area contributed by atoms with Crippen LogP contribution in [-0.2, 0) is 6.18 Å². The molecular formula is C18H19ClF3N5. The third-order valence-electron chi connectivity index (χ3n) is 5.35. The summed E-state index contributed by atoms with van der Waals surface area (Å²) in [6.07, 6.45) is -2.69. The highest BCUT2D eigenvalue weighted by molar-refractivity contribution is 6.30. The first kappa shape index (κ1) is 18.3. The molecule has 0 saturated carbocycles. The topological polar surface area (TPSA) is 44.3 Å². The van der Waals surface area contributed by atoms with Crippen LogP contribution in [0.3, 0.4) is 0 Å². The number of piperazine rings is 1. The molecule has 9 heteroatoms. The number of halogens is 4. The fraction of sp³-hybridized carbons (Fsp3) is 0.444. The molecule has 1 aromatic carbocycles. The van der Waals surface area contributed by atoms with Crippen molar-refractivity contribution in [3.8, 4) is 0 Å². The van der Waals surface area contributed by atoms with E-state index < -0.39 is 16.9 Å². The molecular weight excluding hydrogens is 379 g/mol. The molecule has 2 saturated heterocycles. The predicted molar refractivity (Wildman–Crippen MR) is 98.7 cm³/mol. The summed E-state index contributed by atoms with van der Waals surface area (Å²) in [6, 6.07) is 7.14. The first-order valence-corrected chi connectivity index (χ1v) is 9.04. The van der Waals surface area contributed by atoms with Crippen molar-refractivity contribution in [3.05, 3.63) is 40.7 Å². The van der Waals surface area contributed by atoms with Gasteiger partial charge in [-0.05, 0) is 44.2 Å². The first-order chi connectivity index (χ1) is 12.7. The van der Waals surface area contributed by atoms with E-state index in [-0.39, 0.29) is 5.95 Å². The van der Waals surface area contributed by atoms with E-state index in [1.165, 1.54) is 6.42 Å². The van der Waals surface area contributed by atoms with Crippen molar-refractivity contribution in [3.63, 3.8) is 0 Å². The van der Waals surface area contributed by atoms with Crippen LogP contribution in [-0.4, -0.2) is 47.1 Å². The maximum Gasteiger partial charge on any atom is 0.420 e. The molecule has 2 fully saturated rings. The zero-order chi connectivity index (χ0) is 19.3. The Morgan fingerprint density at radius 1 is 1.22 bits per heavy atom. The normalized spacial score (nSPS) is 22.5. The van der Waals surface area contributed by atoms with Crippen molar-refractivity contribution in [1.29, 1.82) is 0 Å². The molecule has 3 heterocycles. The van der Waals surface area contributed by atoms with E-state index in [4.69, 9.17) is 11.6 Å². The van der Waals surface area contributed by atoms with Gasteiger partial charge >= 0.3 is 6.18 Å². The van der Waals surface area contributed by atoms with E-state index in [1.807, 2.05) is 19.1 Å². The van der Waals surface area contributed by atoms with Gasteiger partial charge in [0.25, 0.3) is 0 Å². The van der Waals surface area contributed by atoms with Crippen molar-refractivity contribution in [1.82, 2.24) is 14.9 Å². The number of aromatic nitrogens is 2. The van der Waals surface area contributed by atoms with Gasteiger partial charge in [0.2, 0.25) is 5.95 Å². The summed E-state index contributed by atoms with van der Waals surface area (Å²) in [5.41, 5.74) is 1.81. The molecule has 27 heavy (non-hydrogen) atoms. The van der Waals surface area contributed by atoms with Crippen molar-refractivity contribution in [2.75, 3.05) is 30.4 Å². The molecule has 0 amide bonds. The molecule has 1 aromatic heterocycles. The minimum absolute atomic E-state index is 0.0331. The van der Waals surface area contributed by atoms with Gasteiger partial charge in [0.1, 0.15) is 10.7 Å². The van der Waals surface area contributed by atoms with E-state index in [0.29, 0.717) is 18.3 Å². The van der Waals surface area contributed by atoms with E-state index in [0.717, 1.165) is 30.0 Å². The molecule has 2 aliphatic rings. The van der Waals surface area contributed by atoms with E-state index in [1.54, 1.807) is 0 Å². The van der Waals surface area contributed by atoms with Gasteiger partial charge in [-0.2, -0.15) is 13.2 Å². The quantitative estimate of drug-likeness (QED) is 0.790.